The molecule has 4 aromatic rings. The van der Waals surface area contributed by atoms with Crippen molar-refractivity contribution in [3.63, 3.8) is 0 Å². The number of rotatable bonds is 5. The highest BCUT2D eigenvalue weighted by Crippen LogP contribution is 2.47. The number of hydrogen-bond donors (Lipinski definition) is 1. The molecule has 0 fully saturated rings. The van der Waals surface area contributed by atoms with Gasteiger partial charge in [-0.1, -0.05) is 83.9 Å². The summed E-state index contributed by atoms with van der Waals surface area (Å²) in [6.45, 7) is 3.80. The molecule has 5 rings (SSSR count). The van der Waals surface area contributed by atoms with Crippen LogP contribution >= 0.6 is 0 Å². The molecule has 174 valence electrons. The van der Waals surface area contributed by atoms with Gasteiger partial charge in [-0.2, -0.15) is 0 Å². The SMILES string of the molecule is Cc1ccc(O)c(C(=O)[C@H](c2ccccc2)[C@@H]2C(=O)c3cc(C)ccc3O[C@H]2c2ccccc2)c1. The average molecular weight is 463 g/mol. The lowest BCUT2D eigenvalue weighted by Gasteiger charge is -2.37. The van der Waals surface area contributed by atoms with Crippen LogP contribution in [-0.4, -0.2) is 16.7 Å². The van der Waals surface area contributed by atoms with E-state index in [-0.39, 0.29) is 22.9 Å². The summed E-state index contributed by atoms with van der Waals surface area (Å²) in [5.74, 6) is -1.70. The van der Waals surface area contributed by atoms with E-state index in [9.17, 15) is 14.7 Å². The van der Waals surface area contributed by atoms with Crippen LogP contribution in [0.25, 0.3) is 0 Å². The van der Waals surface area contributed by atoms with Crippen molar-refractivity contribution in [2.45, 2.75) is 25.9 Å². The van der Waals surface area contributed by atoms with Crippen molar-refractivity contribution in [3.8, 4) is 11.5 Å². The molecule has 3 atom stereocenters. The van der Waals surface area contributed by atoms with Gasteiger partial charge in [0.15, 0.2) is 11.6 Å². The van der Waals surface area contributed by atoms with Gasteiger partial charge in [-0.25, -0.2) is 0 Å². The number of aryl methyl sites for hydroxylation is 2. The first-order chi connectivity index (χ1) is 16.9. The summed E-state index contributed by atoms with van der Waals surface area (Å²) in [5.41, 5.74) is 4.00. The highest BCUT2D eigenvalue weighted by atomic mass is 16.5. The molecule has 0 bridgehead atoms. The fraction of sp³-hybridized carbons (Fsp3) is 0.161. The van der Waals surface area contributed by atoms with Crippen molar-refractivity contribution in [1.82, 2.24) is 0 Å². The Morgan fingerprint density at radius 1 is 0.829 bits per heavy atom. The van der Waals surface area contributed by atoms with E-state index in [4.69, 9.17) is 4.74 Å². The summed E-state index contributed by atoms with van der Waals surface area (Å²) in [4.78, 5) is 28.3. The first-order valence-electron chi connectivity index (χ1n) is 11.7. The smallest absolute Gasteiger partial charge is 0.174 e. The van der Waals surface area contributed by atoms with E-state index in [1.807, 2.05) is 92.7 Å². The number of ether oxygens (including phenoxy) is 1. The number of phenolic OH excluding ortho intramolecular Hbond substituents is 1. The minimum absolute atomic E-state index is 0.0989. The molecular formula is C31H26O4. The van der Waals surface area contributed by atoms with Crippen LogP contribution in [0.1, 0.15) is 55.0 Å². The molecule has 1 heterocycles. The monoisotopic (exact) mass is 462 g/mol. The van der Waals surface area contributed by atoms with E-state index in [1.165, 1.54) is 6.07 Å². The Morgan fingerprint density at radius 2 is 1.46 bits per heavy atom. The number of phenols is 1. The van der Waals surface area contributed by atoms with Crippen LogP contribution in [0, 0.1) is 19.8 Å². The molecule has 1 aliphatic heterocycles. The zero-order valence-corrected chi connectivity index (χ0v) is 19.6. The molecular weight excluding hydrogens is 436 g/mol. The Bertz CT molecular complexity index is 1390. The van der Waals surface area contributed by atoms with E-state index < -0.39 is 17.9 Å². The van der Waals surface area contributed by atoms with Crippen molar-refractivity contribution >= 4 is 11.6 Å². The first-order valence-corrected chi connectivity index (χ1v) is 11.7. The van der Waals surface area contributed by atoms with Gasteiger partial charge in [-0.05, 0) is 49.2 Å². The average Bonchev–Trinajstić information content (AvgIpc) is 2.88. The number of aromatic hydroxyl groups is 1. The highest BCUT2D eigenvalue weighted by molar-refractivity contribution is 6.10. The van der Waals surface area contributed by atoms with Gasteiger partial charge in [0.05, 0.1) is 23.0 Å². The van der Waals surface area contributed by atoms with E-state index in [2.05, 4.69) is 0 Å². The molecule has 0 radical (unpaired) electrons. The molecule has 35 heavy (non-hydrogen) atoms. The summed E-state index contributed by atoms with van der Waals surface area (Å²) in [6, 6.07) is 29.4. The third kappa shape index (κ3) is 4.24. The molecule has 1 N–H and O–H groups in total. The fourth-order valence-electron chi connectivity index (χ4n) is 4.91. The standard InChI is InChI=1S/C31H26O4/c1-19-13-15-25(32)23(17-19)29(33)27(21-9-5-3-6-10-21)28-30(34)24-18-20(2)14-16-26(24)35-31(28)22-11-7-4-8-12-22/h3-18,27-28,31-32H,1-2H3/t27-,28-,31+/m1/s1. The second-order valence-electron chi connectivity index (χ2n) is 9.11. The highest BCUT2D eigenvalue weighted by Gasteiger charge is 2.46. The van der Waals surface area contributed by atoms with E-state index in [0.717, 1.165) is 16.7 Å². The van der Waals surface area contributed by atoms with Gasteiger partial charge in [0.1, 0.15) is 17.6 Å². The summed E-state index contributed by atoms with van der Waals surface area (Å²) in [5, 5.41) is 10.6. The normalized spacial score (nSPS) is 17.8. The van der Waals surface area contributed by atoms with Crippen LogP contribution in [0.3, 0.4) is 0 Å². The molecule has 0 saturated heterocycles. The topological polar surface area (TPSA) is 63.6 Å². The minimum Gasteiger partial charge on any atom is -0.507 e. The van der Waals surface area contributed by atoms with Crippen molar-refractivity contribution in [1.29, 1.82) is 0 Å². The molecule has 0 spiro atoms. The molecule has 4 aromatic carbocycles. The predicted molar refractivity (Wildman–Crippen MR) is 135 cm³/mol. The van der Waals surface area contributed by atoms with Crippen LogP contribution in [0.4, 0.5) is 0 Å². The minimum atomic E-state index is -0.852. The summed E-state index contributed by atoms with van der Waals surface area (Å²) in [7, 11) is 0. The molecule has 4 heteroatoms. The third-order valence-electron chi connectivity index (χ3n) is 6.63. The van der Waals surface area contributed by atoms with Gasteiger partial charge in [-0.15, -0.1) is 0 Å². The maximum atomic E-state index is 14.2. The fourth-order valence-corrected chi connectivity index (χ4v) is 4.91. The largest absolute Gasteiger partial charge is 0.507 e. The van der Waals surface area contributed by atoms with E-state index in [0.29, 0.717) is 16.9 Å². The van der Waals surface area contributed by atoms with Gasteiger partial charge in [0.25, 0.3) is 0 Å². The number of carbonyl (C=O) groups excluding carboxylic acids is 2. The maximum Gasteiger partial charge on any atom is 0.174 e. The molecule has 1 aliphatic rings. The van der Waals surface area contributed by atoms with Crippen LogP contribution in [0.15, 0.2) is 97.1 Å². The number of Topliss-reactive ketones (excluding diaryl/α,β-unsaturated/α-hetero) is 2. The Balaban J connectivity index is 1.73. The number of hydrogen-bond acceptors (Lipinski definition) is 4. The Morgan fingerprint density at radius 3 is 2.17 bits per heavy atom. The lowest BCUT2D eigenvalue weighted by atomic mass is 9.71. The number of ketones is 2. The number of benzene rings is 4. The van der Waals surface area contributed by atoms with E-state index >= 15 is 0 Å². The zero-order chi connectivity index (χ0) is 24.5. The van der Waals surface area contributed by atoms with Gasteiger partial charge in [-0.3, -0.25) is 9.59 Å². The summed E-state index contributed by atoms with van der Waals surface area (Å²) >= 11 is 0. The lowest BCUT2D eigenvalue weighted by molar-refractivity contribution is 0.0547. The molecule has 0 unspecified atom stereocenters. The Labute approximate surface area is 204 Å². The molecule has 4 nitrogen and oxygen atoms in total. The zero-order valence-electron chi connectivity index (χ0n) is 19.6. The summed E-state index contributed by atoms with van der Waals surface area (Å²) < 4.78 is 6.46. The van der Waals surface area contributed by atoms with Gasteiger partial charge in [0.2, 0.25) is 0 Å². The van der Waals surface area contributed by atoms with Crippen molar-refractivity contribution in [3.05, 3.63) is 130 Å². The number of carbonyl (C=O) groups is 2. The molecule has 0 aromatic heterocycles. The summed E-state index contributed by atoms with van der Waals surface area (Å²) in [6.07, 6.45) is -0.667. The van der Waals surface area contributed by atoms with Crippen molar-refractivity contribution in [2.75, 3.05) is 0 Å². The van der Waals surface area contributed by atoms with Crippen LogP contribution in [0.2, 0.25) is 0 Å². The van der Waals surface area contributed by atoms with Crippen molar-refractivity contribution < 1.29 is 19.4 Å². The Kier molecular flexibility index (Phi) is 5.96. The molecule has 0 amide bonds. The van der Waals surface area contributed by atoms with E-state index in [1.54, 1.807) is 12.1 Å². The van der Waals surface area contributed by atoms with Crippen LogP contribution < -0.4 is 4.74 Å². The predicted octanol–water partition coefficient (Wildman–Crippen LogP) is 6.61. The van der Waals surface area contributed by atoms with Gasteiger partial charge in [0, 0.05) is 0 Å². The van der Waals surface area contributed by atoms with Gasteiger partial charge < -0.3 is 9.84 Å². The third-order valence-corrected chi connectivity index (χ3v) is 6.63. The number of fused-ring (bicyclic) bond motifs is 1. The quantitative estimate of drug-likeness (QED) is 0.339. The van der Waals surface area contributed by atoms with Crippen LogP contribution in [-0.2, 0) is 0 Å². The van der Waals surface area contributed by atoms with Crippen LogP contribution in [0.5, 0.6) is 11.5 Å². The second-order valence-corrected chi connectivity index (χ2v) is 9.11. The maximum absolute atomic E-state index is 14.2. The molecule has 0 aliphatic carbocycles. The first kappa shape index (κ1) is 22.6. The lowest BCUT2D eigenvalue weighted by Crippen LogP contribution is -2.39. The second kappa shape index (κ2) is 9.22. The van der Waals surface area contributed by atoms with Gasteiger partial charge >= 0.3 is 0 Å². The molecule has 0 saturated carbocycles. The Hall–Kier alpha value is -4.18. The van der Waals surface area contributed by atoms with Crippen molar-refractivity contribution in [2.24, 2.45) is 5.92 Å².